The van der Waals surface area contributed by atoms with Gasteiger partial charge in [0.2, 0.25) is 0 Å². The molecule has 2 aromatic heterocycles. The Balaban J connectivity index is 2.33. The fraction of sp³-hybridized carbons (Fsp3) is 0. The van der Waals surface area contributed by atoms with Gasteiger partial charge in [-0.15, -0.1) is 0 Å². The molecule has 0 aliphatic carbocycles. The Morgan fingerprint density at radius 2 is 2.22 bits per heavy atom. The molecule has 0 spiro atoms. The number of hydrazine groups is 1. The Hall–Kier alpha value is -1.84. The quantitative estimate of drug-likeness (QED) is 0.562. The summed E-state index contributed by atoms with van der Waals surface area (Å²) in [6, 6.07) is 2.58. The lowest BCUT2D eigenvalue weighted by Crippen LogP contribution is -2.15. The standard InChI is InChI=1S/C8H8ClN5O3S/c9-6-3-5(4-11-8(6)12-10)18(15,16)14-7-1-2-17-13-7/h1-4H,10H2,(H,11,12)(H,13,14). The molecule has 4 N–H and O–H groups in total. The first kappa shape index (κ1) is 12.6. The van der Waals surface area contributed by atoms with Gasteiger partial charge >= 0.3 is 0 Å². The van der Waals surface area contributed by atoms with E-state index in [0.717, 1.165) is 6.20 Å². The van der Waals surface area contributed by atoms with E-state index < -0.39 is 10.0 Å². The number of aromatic nitrogens is 2. The van der Waals surface area contributed by atoms with Crippen molar-refractivity contribution in [3.63, 3.8) is 0 Å². The Labute approximate surface area is 107 Å². The van der Waals surface area contributed by atoms with Gasteiger partial charge in [-0.1, -0.05) is 16.8 Å². The Bertz CT molecular complexity index is 643. The molecule has 0 aromatic carbocycles. The predicted octanol–water partition coefficient (Wildman–Crippen LogP) is 0.809. The minimum Gasteiger partial charge on any atom is -0.363 e. The molecule has 0 fully saturated rings. The maximum atomic E-state index is 11.9. The maximum absolute atomic E-state index is 11.9. The minimum absolute atomic E-state index is 0.0622. The minimum atomic E-state index is -3.82. The van der Waals surface area contributed by atoms with Gasteiger partial charge in [0.15, 0.2) is 11.6 Å². The van der Waals surface area contributed by atoms with Crippen LogP contribution in [0, 0.1) is 0 Å². The Morgan fingerprint density at radius 1 is 1.44 bits per heavy atom. The van der Waals surface area contributed by atoms with Crippen LogP contribution in [0.3, 0.4) is 0 Å². The van der Waals surface area contributed by atoms with E-state index in [1.54, 1.807) is 0 Å². The molecule has 0 unspecified atom stereocenters. The average Bonchev–Trinajstić information content (AvgIpc) is 2.81. The molecule has 2 aromatic rings. The van der Waals surface area contributed by atoms with Gasteiger partial charge in [0.25, 0.3) is 10.0 Å². The number of nitrogens with zero attached hydrogens (tertiary/aromatic N) is 2. The molecule has 2 rings (SSSR count). The van der Waals surface area contributed by atoms with E-state index in [4.69, 9.17) is 17.4 Å². The largest absolute Gasteiger partial charge is 0.363 e. The lowest BCUT2D eigenvalue weighted by Gasteiger charge is -2.07. The van der Waals surface area contributed by atoms with Gasteiger partial charge < -0.3 is 9.95 Å². The summed E-state index contributed by atoms with van der Waals surface area (Å²) in [5, 5.41) is 3.52. The van der Waals surface area contributed by atoms with E-state index in [0.29, 0.717) is 0 Å². The second kappa shape index (κ2) is 4.80. The highest BCUT2D eigenvalue weighted by molar-refractivity contribution is 7.92. The third-order valence-electron chi connectivity index (χ3n) is 1.94. The summed E-state index contributed by atoms with van der Waals surface area (Å²) in [4.78, 5) is 3.65. The van der Waals surface area contributed by atoms with Gasteiger partial charge in [0, 0.05) is 12.3 Å². The highest BCUT2D eigenvalue weighted by atomic mass is 35.5. The number of halogens is 1. The molecule has 0 bridgehead atoms. The fourth-order valence-electron chi connectivity index (χ4n) is 1.14. The average molecular weight is 290 g/mol. The summed E-state index contributed by atoms with van der Waals surface area (Å²) in [6.07, 6.45) is 2.36. The molecule has 10 heteroatoms. The summed E-state index contributed by atoms with van der Waals surface area (Å²) in [5.74, 6) is 5.38. The number of hydrogen-bond donors (Lipinski definition) is 3. The van der Waals surface area contributed by atoms with Crippen molar-refractivity contribution in [2.75, 3.05) is 10.1 Å². The first-order chi connectivity index (χ1) is 8.53. The van der Waals surface area contributed by atoms with Gasteiger partial charge in [-0.25, -0.2) is 19.2 Å². The molecule has 0 radical (unpaired) electrons. The number of nitrogen functional groups attached to an aromatic ring is 1. The van der Waals surface area contributed by atoms with Crippen LogP contribution in [0.15, 0.2) is 34.0 Å². The van der Waals surface area contributed by atoms with Crippen molar-refractivity contribution in [1.82, 2.24) is 10.1 Å². The van der Waals surface area contributed by atoms with E-state index in [-0.39, 0.29) is 21.6 Å². The molecule has 0 saturated heterocycles. The predicted molar refractivity (Wildman–Crippen MR) is 64.4 cm³/mol. The van der Waals surface area contributed by atoms with E-state index in [2.05, 4.69) is 24.8 Å². The normalized spacial score (nSPS) is 11.2. The van der Waals surface area contributed by atoms with E-state index in [1.807, 2.05) is 0 Å². The summed E-state index contributed by atoms with van der Waals surface area (Å²) < 4.78 is 30.5. The number of hydrogen-bond acceptors (Lipinski definition) is 7. The topological polar surface area (TPSA) is 123 Å². The van der Waals surface area contributed by atoms with Crippen LogP contribution in [0.2, 0.25) is 5.02 Å². The third-order valence-corrected chi connectivity index (χ3v) is 3.55. The van der Waals surface area contributed by atoms with Crippen LogP contribution in [0.25, 0.3) is 0 Å². The zero-order chi connectivity index (χ0) is 13.2. The first-order valence-corrected chi connectivity index (χ1v) is 6.44. The maximum Gasteiger partial charge on any atom is 0.264 e. The molecular weight excluding hydrogens is 282 g/mol. The fourth-order valence-corrected chi connectivity index (χ4v) is 2.38. The second-order valence-electron chi connectivity index (χ2n) is 3.14. The van der Waals surface area contributed by atoms with Crippen LogP contribution < -0.4 is 16.0 Å². The molecular formula is C8H8ClN5O3S. The monoisotopic (exact) mass is 289 g/mol. The van der Waals surface area contributed by atoms with Crippen molar-refractivity contribution in [2.24, 2.45) is 5.84 Å². The lowest BCUT2D eigenvalue weighted by atomic mass is 10.5. The van der Waals surface area contributed by atoms with Crippen LogP contribution in [-0.2, 0) is 10.0 Å². The molecule has 0 saturated carbocycles. The number of nitrogens with two attached hydrogens (primary N) is 1. The summed E-state index contributed by atoms with van der Waals surface area (Å²) in [6.45, 7) is 0. The van der Waals surface area contributed by atoms with Gasteiger partial charge in [-0.3, -0.25) is 4.72 Å². The van der Waals surface area contributed by atoms with E-state index in [1.165, 1.54) is 18.4 Å². The van der Waals surface area contributed by atoms with Crippen LogP contribution in [0.1, 0.15) is 0 Å². The zero-order valence-corrected chi connectivity index (χ0v) is 10.4. The van der Waals surface area contributed by atoms with Crippen molar-refractivity contribution < 1.29 is 12.9 Å². The van der Waals surface area contributed by atoms with Gasteiger partial charge in [0.1, 0.15) is 11.2 Å². The van der Waals surface area contributed by atoms with Crippen LogP contribution in [0.5, 0.6) is 0 Å². The summed E-state index contributed by atoms with van der Waals surface area (Å²) >= 11 is 5.79. The molecule has 0 aliphatic heterocycles. The molecule has 0 aliphatic rings. The zero-order valence-electron chi connectivity index (χ0n) is 8.79. The number of pyridine rings is 1. The second-order valence-corrected chi connectivity index (χ2v) is 5.23. The van der Waals surface area contributed by atoms with E-state index in [9.17, 15) is 8.42 Å². The number of nitrogens with one attached hydrogen (secondary N) is 2. The number of anilines is 2. The van der Waals surface area contributed by atoms with Crippen molar-refractivity contribution in [1.29, 1.82) is 0 Å². The molecule has 2 heterocycles. The van der Waals surface area contributed by atoms with Crippen LogP contribution >= 0.6 is 11.6 Å². The highest BCUT2D eigenvalue weighted by Gasteiger charge is 2.17. The van der Waals surface area contributed by atoms with Crippen molar-refractivity contribution in [3.05, 3.63) is 29.6 Å². The SMILES string of the molecule is NNc1ncc(S(=O)(=O)Nc2ccon2)cc1Cl. The number of rotatable bonds is 4. The Morgan fingerprint density at radius 3 is 2.78 bits per heavy atom. The number of sulfonamides is 1. The molecule has 96 valence electrons. The van der Waals surface area contributed by atoms with Crippen LogP contribution in [0.4, 0.5) is 11.6 Å². The third kappa shape index (κ3) is 2.53. The molecule has 0 atom stereocenters. The first-order valence-electron chi connectivity index (χ1n) is 4.58. The Kier molecular flexibility index (Phi) is 3.36. The van der Waals surface area contributed by atoms with Crippen molar-refractivity contribution >= 4 is 33.3 Å². The molecule has 8 nitrogen and oxygen atoms in total. The molecule has 0 amide bonds. The summed E-state index contributed by atoms with van der Waals surface area (Å²) in [7, 11) is -3.82. The summed E-state index contributed by atoms with van der Waals surface area (Å²) in [5.41, 5.74) is 2.23. The van der Waals surface area contributed by atoms with Gasteiger partial charge in [-0.2, -0.15) is 0 Å². The van der Waals surface area contributed by atoms with Crippen LogP contribution in [-0.4, -0.2) is 18.6 Å². The lowest BCUT2D eigenvalue weighted by molar-refractivity contribution is 0.423. The molecule has 18 heavy (non-hydrogen) atoms. The van der Waals surface area contributed by atoms with Gasteiger partial charge in [0.05, 0.1) is 5.02 Å². The van der Waals surface area contributed by atoms with E-state index >= 15 is 0 Å². The van der Waals surface area contributed by atoms with Gasteiger partial charge in [-0.05, 0) is 6.07 Å². The van der Waals surface area contributed by atoms with Crippen molar-refractivity contribution in [3.8, 4) is 0 Å². The highest BCUT2D eigenvalue weighted by Crippen LogP contribution is 2.22. The van der Waals surface area contributed by atoms with Crippen molar-refractivity contribution in [2.45, 2.75) is 4.90 Å². The smallest absolute Gasteiger partial charge is 0.264 e.